The lowest BCUT2D eigenvalue weighted by molar-refractivity contribution is 0.0776. The molecule has 0 saturated carbocycles. The fourth-order valence-corrected chi connectivity index (χ4v) is 3.10. The summed E-state index contributed by atoms with van der Waals surface area (Å²) >= 11 is 6.11. The Morgan fingerprint density at radius 1 is 1.44 bits per heavy atom. The van der Waals surface area contributed by atoms with Gasteiger partial charge in [0.05, 0.1) is 6.10 Å². The van der Waals surface area contributed by atoms with Crippen molar-refractivity contribution in [3.8, 4) is 0 Å². The number of rotatable bonds is 5. The molecule has 1 saturated heterocycles. The van der Waals surface area contributed by atoms with Crippen LogP contribution in [-0.4, -0.2) is 19.3 Å². The van der Waals surface area contributed by atoms with Crippen LogP contribution in [0, 0.1) is 5.92 Å². The molecule has 1 heterocycles. The van der Waals surface area contributed by atoms with Crippen LogP contribution in [0.5, 0.6) is 0 Å². The summed E-state index contributed by atoms with van der Waals surface area (Å²) in [4.78, 5) is 0. The van der Waals surface area contributed by atoms with Gasteiger partial charge in [-0.3, -0.25) is 0 Å². The minimum Gasteiger partial charge on any atom is -0.378 e. The molecule has 0 bridgehead atoms. The van der Waals surface area contributed by atoms with E-state index in [1.807, 2.05) is 12.1 Å². The molecule has 0 amide bonds. The summed E-state index contributed by atoms with van der Waals surface area (Å²) in [6, 6.07) is 8.53. The van der Waals surface area contributed by atoms with Crippen LogP contribution in [0.3, 0.4) is 0 Å². The highest BCUT2D eigenvalue weighted by atomic mass is 35.5. The quantitative estimate of drug-likeness (QED) is 0.876. The molecule has 2 nitrogen and oxygen atoms in total. The van der Waals surface area contributed by atoms with Crippen molar-refractivity contribution in [3.63, 3.8) is 0 Å². The molecule has 3 unspecified atom stereocenters. The average Bonchev–Trinajstić information content (AvgIpc) is 2.84. The lowest BCUT2D eigenvalue weighted by Crippen LogP contribution is -2.32. The number of benzene rings is 1. The second-order valence-corrected chi connectivity index (χ2v) is 5.30. The van der Waals surface area contributed by atoms with Crippen LogP contribution in [0.2, 0.25) is 5.02 Å². The first-order valence-electron chi connectivity index (χ1n) is 6.86. The van der Waals surface area contributed by atoms with Gasteiger partial charge in [-0.15, -0.1) is 0 Å². The Balaban J connectivity index is 2.22. The van der Waals surface area contributed by atoms with Gasteiger partial charge in [-0.2, -0.15) is 0 Å². The third-order valence-electron chi connectivity index (χ3n) is 3.72. The van der Waals surface area contributed by atoms with Gasteiger partial charge >= 0.3 is 0 Å². The molecule has 2 rings (SSSR count). The van der Waals surface area contributed by atoms with Crippen molar-refractivity contribution in [2.45, 2.75) is 38.8 Å². The van der Waals surface area contributed by atoms with Gasteiger partial charge in [0.2, 0.25) is 0 Å². The maximum absolute atomic E-state index is 6.11. The van der Waals surface area contributed by atoms with Crippen LogP contribution in [0.1, 0.15) is 38.3 Å². The standard InChI is InChI=1S/C15H22ClNO/c1-3-14-13(8-9-18-14)15(17-4-2)11-6-5-7-12(16)10-11/h5-7,10,13-15,17H,3-4,8-9H2,1-2H3. The Morgan fingerprint density at radius 2 is 2.28 bits per heavy atom. The molecule has 18 heavy (non-hydrogen) atoms. The van der Waals surface area contributed by atoms with Gasteiger partial charge in [0.15, 0.2) is 0 Å². The zero-order valence-corrected chi connectivity index (χ0v) is 11.9. The van der Waals surface area contributed by atoms with Crippen LogP contribution < -0.4 is 5.32 Å². The molecule has 3 atom stereocenters. The van der Waals surface area contributed by atoms with Gasteiger partial charge in [0.25, 0.3) is 0 Å². The summed E-state index contributed by atoms with van der Waals surface area (Å²) in [5.41, 5.74) is 1.28. The molecule has 0 aromatic heterocycles. The van der Waals surface area contributed by atoms with E-state index in [9.17, 15) is 0 Å². The van der Waals surface area contributed by atoms with E-state index in [0.717, 1.165) is 31.0 Å². The highest BCUT2D eigenvalue weighted by Gasteiger charge is 2.34. The van der Waals surface area contributed by atoms with E-state index in [0.29, 0.717) is 18.1 Å². The van der Waals surface area contributed by atoms with E-state index in [4.69, 9.17) is 16.3 Å². The van der Waals surface area contributed by atoms with Crippen molar-refractivity contribution in [1.82, 2.24) is 5.32 Å². The topological polar surface area (TPSA) is 21.3 Å². The summed E-state index contributed by atoms with van der Waals surface area (Å²) < 4.78 is 5.82. The third-order valence-corrected chi connectivity index (χ3v) is 3.96. The van der Waals surface area contributed by atoms with Crippen molar-refractivity contribution in [1.29, 1.82) is 0 Å². The van der Waals surface area contributed by atoms with Gasteiger partial charge in [0.1, 0.15) is 0 Å². The Labute approximate surface area is 115 Å². The molecule has 0 aliphatic carbocycles. The summed E-state index contributed by atoms with van der Waals surface area (Å²) in [6.07, 6.45) is 2.57. The van der Waals surface area contributed by atoms with Crippen LogP contribution >= 0.6 is 11.6 Å². The average molecular weight is 268 g/mol. The molecule has 1 aliphatic rings. The minimum atomic E-state index is 0.348. The van der Waals surface area contributed by atoms with E-state index in [1.165, 1.54) is 5.56 Å². The van der Waals surface area contributed by atoms with Crippen LogP contribution in [0.15, 0.2) is 24.3 Å². The van der Waals surface area contributed by atoms with E-state index in [-0.39, 0.29) is 0 Å². The van der Waals surface area contributed by atoms with Crippen molar-refractivity contribution in [2.24, 2.45) is 5.92 Å². The van der Waals surface area contributed by atoms with E-state index in [1.54, 1.807) is 0 Å². The number of nitrogens with one attached hydrogen (secondary N) is 1. The fraction of sp³-hybridized carbons (Fsp3) is 0.600. The number of ether oxygens (including phenoxy) is 1. The summed E-state index contributed by atoms with van der Waals surface area (Å²) in [6.45, 7) is 6.19. The van der Waals surface area contributed by atoms with E-state index >= 15 is 0 Å². The molecule has 1 aliphatic heterocycles. The first-order valence-corrected chi connectivity index (χ1v) is 7.24. The Hall–Kier alpha value is -0.570. The number of hydrogen-bond donors (Lipinski definition) is 1. The Kier molecular flexibility index (Phi) is 5.04. The minimum absolute atomic E-state index is 0.348. The number of hydrogen-bond acceptors (Lipinski definition) is 2. The molecule has 1 fully saturated rings. The van der Waals surface area contributed by atoms with Crippen LogP contribution in [-0.2, 0) is 4.74 Å². The van der Waals surface area contributed by atoms with E-state index < -0.39 is 0 Å². The molecule has 1 N–H and O–H groups in total. The Morgan fingerprint density at radius 3 is 2.94 bits per heavy atom. The highest BCUT2D eigenvalue weighted by molar-refractivity contribution is 6.30. The molecule has 1 aromatic rings. The maximum atomic E-state index is 6.11. The zero-order valence-electron chi connectivity index (χ0n) is 11.2. The van der Waals surface area contributed by atoms with Crippen molar-refractivity contribution in [2.75, 3.05) is 13.2 Å². The van der Waals surface area contributed by atoms with Gasteiger partial charge in [-0.25, -0.2) is 0 Å². The molecular weight excluding hydrogens is 246 g/mol. The molecular formula is C15H22ClNO. The van der Waals surface area contributed by atoms with Crippen LogP contribution in [0.4, 0.5) is 0 Å². The maximum Gasteiger partial charge on any atom is 0.0619 e. The third kappa shape index (κ3) is 3.05. The van der Waals surface area contributed by atoms with Gasteiger partial charge in [-0.1, -0.05) is 37.6 Å². The first-order chi connectivity index (χ1) is 8.76. The monoisotopic (exact) mass is 267 g/mol. The molecule has 3 heteroatoms. The largest absolute Gasteiger partial charge is 0.378 e. The second-order valence-electron chi connectivity index (χ2n) is 4.86. The van der Waals surface area contributed by atoms with E-state index in [2.05, 4.69) is 31.3 Å². The predicted molar refractivity (Wildman–Crippen MR) is 76.0 cm³/mol. The summed E-state index contributed by atoms with van der Waals surface area (Å²) in [7, 11) is 0. The zero-order chi connectivity index (χ0) is 13.0. The Bertz CT molecular complexity index is 383. The fourth-order valence-electron chi connectivity index (χ4n) is 2.90. The smallest absolute Gasteiger partial charge is 0.0619 e. The van der Waals surface area contributed by atoms with Gasteiger partial charge in [-0.05, 0) is 37.1 Å². The predicted octanol–water partition coefficient (Wildman–Crippen LogP) is 3.81. The summed E-state index contributed by atoms with van der Waals surface area (Å²) in [5.74, 6) is 0.549. The van der Waals surface area contributed by atoms with Crippen molar-refractivity contribution >= 4 is 11.6 Å². The van der Waals surface area contributed by atoms with Gasteiger partial charge in [0, 0.05) is 23.6 Å². The SMILES string of the molecule is CCNC(c1cccc(Cl)c1)C1CCOC1CC. The number of halogens is 1. The molecule has 1 aromatic carbocycles. The molecule has 0 spiro atoms. The van der Waals surface area contributed by atoms with Crippen molar-refractivity contribution in [3.05, 3.63) is 34.9 Å². The molecule has 100 valence electrons. The van der Waals surface area contributed by atoms with Gasteiger partial charge < -0.3 is 10.1 Å². The van der Waals surface area contributed by atoms with Crippen molar-refractivity contribution < 1.29 is 4.74 Å². The summed E-state index contributed by atoms with van der Waals surface area (Å²) in [5, 5.41) is 4.40. The highest BCUT2D eigenvalue weighted by Crippen LogP contribution is 2.35. The molecule has 0 radical (unpaired) electrons. The lowest BCUT2D eigenvalue weighted by Gasteiger charge is -2.28. The van der Waals surface area contributed by atoms with Crippen LogP contribution in [0.25, 0.3) is 0 Å². The second kappa shape index (κ2) is 6.55. The first kappa shape index (κ1) is 13.9. The lowest BCUT2D eigenvalue weighted by atomic mass is 9.86. The normalized spacial score (nSPS) is 25.3.